The molecule has 2 rings (SSSR count). The third-order valence-corrected chi connectivity index (χ3v) is 2.95. The zero-order chi connectivity index (χ0) is 11.5. The average molecular weight is 238 g/mol. The summed E-state index contributed by atoms with van der Waals surface area (Å²) >= 11 is 5.73. The summed E-state index contributed by atoms with van der Waals surface area (Å²) in [6, 6.07) is 6.63. The Morgan fingerprint density at radius 3 is 3.19 bits per heavy atom. The van der Waals surface area contributed by atoms with Gasteiger partial charge in [-0.15, -0.1) is 0 Å². The molecule has 86 valence electrons. The van der Waals surface area contributed by atoms with Gasteiger partial charge in [0.05, 0.1) is 6.61 Å². The highest BCUT2D eigenvalue weighted by Crippen LogP contribution is 2.28. The van der Waals surface area contributed by atoms with E-state index < -0.39 is 0 Å². The van der Waals surface area contributed by atoms with Crippen molar-refractivity contribution >= 4 is 11.6 Å². The summed E-state index contributed by atoms with van der Waals surface area (Å²) < 4.78 is 5.48. The molecule has 1 heterocycles. The predicted molar refractivity (Wildman–Crippen MR) is 67.1 cm³/mol. The van der Waals surface area contributed by atoms with E-state index in [9.17, 15) is 0 Å². The van der Waals surface area contributed by atoms with Gasteiger partial charge in [-0.2, -0.15) is 0 Å². The van der Waals surface area contributed by atoms with Crippen molar-refractivity contribution in [3.8, 4) is 5.75 Å². The van der Waals surface area contributed by atoms with Crippen molar-refractivity contribution in [1.29, 1.82) is 0 Å². The van der Waals surface area contributed by atoms with Crippen LogP contribution in [0.3, 0.4) is 0 Å². The summed E-state index contributed by atoms with van der Waals surface area (Å²) in [5.74, 6) is 1.03. The van der Waals surface area contributed by atoms with Gasteiger partial charge >= 0.3 is 0 Å². The van der Waals surface area contributed by atoms with Crippen molar-refractivity contribution in [2.75, 3.05) is 13.2 Å². The summed E-state index contributed by atoms with van der Waals surface area (Å²) in [6.45, 7) is 7.22. The molecule has 0 saturated carbocycles. The second kappa shape index (κ2) is 4.89. The maximum Gasteiger partial charge on any atom is 0.122 e. The van der Waals surface area contributed by atoms with Crippen molar-refractivity contribution in [1.82, 2.24) is 5.32 Å². The van der Waals surface area contributed by atoms with Crippen molar-refractivity contribution < 1.29 is 4.74 Å². The van der Waals surface area contributed by atoms with Gasteiger partial charge in [-0.3, -0.25) is 0 Å². The highest BCUT2D eigenvalue weighted by atomic mass is 35.5. The fraction of sp³-hybridized carbons (Fsp3) is 0.385. The van der Waals surface area contributed by atoms with Crippen molar-refractivity contribution in [3.05, 3.63) is 40.9 Å². The van der Waals surface area contributed by atoms with E-state index in [1.165, 1.54) is 11.1 Å². The SMILES string of the molecule is C=C(Cl)CNC(C)c1ccc2c(c1)CCO2. The fourth-order valence-corrected chi connectivity index (χ4v) is 1.93. The number of hydrogen-bond acceptors (Lipinski definition) is 2. The van der Waals surface area contributed by atoms with Crippen LogP contribution in [0.4, 0.5) is 0 Å². The largest absolute Gasteiger partial charge is 0.493 e. The molecule has 0 aliphatic carbocycles. The van der Waals surface area contributed by atoms with E-state index >= 15 is 0 Å². The van der Waals surface area contributed by atoms with Crippen LogP contribution in [0, 0.1) is 0 Å². The van der Waals surface area contributed by atoms with Gasteiger partial charge in [0.1, 0.15) is 5.75 Å². The van der Waals surface area contributed by atoms with E-state index in [4.69, 9.17) is 16.3 Å². The van der Waals surface area contributed by atoms with E-state index in [1.54, 1.807) is 0 Å². The Balaban J connectivity index is 2.06. The molecule has 2 nitrogen and oxygen atoms in total. The number of rotatable bonds is 4. The first-order valence-electron chi connectivity index (χ1n) is 5.49. The molecule has 1 atom stereocenters. The number of benzene rings is 1. The molecule has 1 aromatic rings. The van der Waals surface area contributed by atoms with Gasteiger partial charge in [0.15, 0.2) is 0 Å². The lowest BCUT2D eigenvalue weighted by molar-refractivity contribution is 0.357. The number of halogens is 1. The van der Waals surface area contributed by atoms with E-state index in [0.717, 1.165) is 18.8 Å². The van der Waals surface area contributed by atoms with Gasteiger partial charge in [-0.05, 0) is 24.1 Å². The molecule has 3 heteroatoms. The Labute approximate surface area is 101 Å². The Hall–Kier alpha value is -0.990. The molecule has 0 fully saturated rings. The van der Waals surface area contributed by atoms with Gasteiger partial charge in [0, 0.05) is 24.0 Å². The highest BCUT2D eigenvalue weighted by molar-refractivity contribution is 6.29. The van der Waals surface area contributed by atoms with Crippen molar-refractivity contribution in [2.24, 2.45) is 0 Å². The monoisotopic (exact) mass is 237 g/mol. The van der Waals surface area contributed by atoms with Crippen molar-refractivity contribution in [2.45, 2.75) is 19.4 Å². The van der Waals surface area contributed by atoms with Crippen LogP contribution in [-0.2, 0) is 6.42 Å². The standard InChI is InChI=1S/C13H16ClNO/c1-9(14)8-15-10(2)11-3-4-13-12(7-11)5-6-16-13/h3-4,7,10,15H,1,5-6,8H2,2H3. The minimum absolute atomic E-state index is 0.279. The average Bonchev–Trinajstić information content (AvgIpc) is 2.72. The summed E-state index contributed by atoms with van der Waals surface area (Å²) in [4.78, 5) is 0. The quantitative estimate of drug-likeness (QED) is 0.869. The second-order valence-electron chi connectivity index (χ2n) is 4.09. The summed E-state index contributed by atoms with van der Waals surface area (Å²) in [5, 5.41) is 3.95. The molecule has 0 spiro atoms. The molecule has 1 N–H and O–H groups in total. The molecule has 0 amide bonds. The number of ether oxygens (including phenoxy) is 1. The van der Waals surface area contributed by atoms with Crippen LogP contribution in [0.5, 0.6) is 5.75 Å². The molecular formula is C13H16ClNO. The van der Waals surface area contributed by atoms with Crippen LogP contribution in [0.1, 0.15) is 24.1 Å². The third-order valence-electron chi connectivity index (χ3n) is 2.81. The van der Waals surface area contributed by atoms with Gasteiger partial charge in [0.25, 0.3) is 0 Å². The lowest BCUT2D eigenvalue weighted by Crippen LogP contribution is -2.19. The third kappa shape index (κ3) is 2.57. The van der Waals surface area contributed by atoms with E-state index in [1.807, 2.05) is 6.07 Å². The Bertz CT molecular complexity index is 403. The van der Waals surface area contributed by atoms with E-state index in [2.05, 4.69) is 31.0 Å². The predicted octanol–water partition coefficient (Wildman–Crippen LogP) is 3.02. The number of hydrogen-bond donors (Lipinski definition) is 1. The Morgan fingerprint density at radius 1 is 1.62 bits per heavy atom. The smallest absolute Gasteiger partial charge is 0.122 e. The summed E-state index contributed by atoms with van der Waals surface area (Å²) in [5.41, 5.74) is 2.57. The first-order valence-corrected chi connectivity index (χ1v) is 5.87. The summed E-state index contributed by atoms with van der Waals surface area (Å²) in [6.07, 6.45) is 1.01. The van der Waals surface area contributed by atoms with Crippen LogP contribution in [0.2, 0.25) is 0 Å². The zero-order valence-corrected chi connectivity index (χ0v) is 10.2. The first-order chi connectivity index (χ1) is 7.66. The lowest BCUT2D eigenvalue weighted by atomic mass is 10.0. The molecule has 0 radical (unpaired) electrons. The molecule has 1 aromatic carbocycles. The van der Waals surface area contributed by atoms with E-state index in [-0.39, 0.29) is 6.04 Å². The van der Waals surface area contributed by atoms with Crippen LogP contribution in [0.15, 0.2) is 29.8 Å². The maximum absolute atomic E-state index is 5.73. The van der Waals surface area contributed by atoms with Gasteiger partial charge in [0.2, 0.25) is 0 Å². The summed E-state index contributed by atoms with van der Waals surface area (Å²) in [7, 11) is 0. The lowest BCUT2D eigenvalue weighted by Gasteiger charge is -2.14. The molecule has 0 bridgehead atoms. The maximum atomic E-state index is 5.73. The normalized spacial score (nSPS) is 15.4. The van der Waals surface area contributed by atoms with Gasteiger partial charge < -0.3 is 10.1 Å². The molecule has 0 aromatic heterocycles. The number of fused-ring (bicyclic) bond motifs is 1. The van der Waals surface area contributed by atoms with E-state index in [0.29, 0.717) is 11.6 Å². The fourth-order valence-electron chi connectivity index (χ4n) is 1.86. The van der Waals surface area contributed by atoms with Gasteiger partial charge in [-0.1, -0.05) is 30.3 Å². The first kappa shape index (κ1) is 11.5. The van der Waals surface area contributed by atoms with Crippen molar-refractivity contribution in [3.63, 3.8) is 0 Å². The highest BCUT2D eigenvalue weighted by Gasteiger charge is 2.14. The topological polar surface area (TPSA) is 21.3 Å². The molecule has 1 aliphatic heterocycles. The minimum Gasteiger partial charge on any atom is -0.493 e. The molecule has 0 saturated heterocycles. The van der Waals surface area contributed by atoms with Gasteiger partial charge in [-0.25, -0.2) is 0 Å². The minimum atomic E-state index is 0.279. The van der Waals surface area contributed by atoms with Crippen LogP contribution in [-0.4, -0.2) is 13.2 Å². The second-order valence-corrected chi connectivity index (χ2v) is 4.62. The Morgan fingerprint density at radius 2 is 2.44 bits per heavy atom. The van der Waals surface area contributed by atoms with Crippen LogP contribution < -0.4 is 10.1 Å². The van der Waals surface area contributed by atoms with Crippen LogP contribution >= 0.6 is 11.6 Å². The molecule has 1 unspecified atom stereocenters. The number of nitrogens with one attached hydrogen (secondary N) is 1. The molecule has 16 heavy (non-hydrogen) atoms. The molecular weight excluding hydrogens is 222 g/mol. The Kier molecular flexibility index (Phi) is 3.52. The zero-order valence-electron chi connectivity index (χ0n) is 9.42. The van der Waals surface area contributed by atoms with Crippen LogP contribution in [0.25, 0.3) is 0 Å². The molecule has 1 aliphatic rings.